The van der Waals surface area contributed by atoms with Gasteiger partial charge in [0.15, 0.2) is 0 Å². The minimum atomic E-state index is -0.344. The van der Waals surface area contributed by atoms with Gasteiger partial charge in [-0.05, 0) is 23.8 Å². The first-order chi connectivity index (χ1) is 8.72. The van der Waals surface area contributed by atoms with E-state index >= 15 is 0 Å². The van der Waals surface area contributed by atoms with Crippen LogP contribution in [0.1, 0.15) is 11.3 Å². The van der Waals surface area contributed by atoms with Gasteiger partial charge in [-0.25, -0.2) is 4.39 Å². The highest BCUT2D eigenvalue weighted by Gasteiger charge is 2.33. The van der Waals surface area contributed by atoms with Gasteiger partial charge in [0.1, 0.15) is 11.6 Å². The molecule has 1 nitrogen and oxygen atoms in total. The molecule has 2 aromatic rings. The van der Waals surface area contributed by atoms with Crippen LogP contribution in [0.25, 0.3) is 0 Å². The smallest absolute Gasteiger partial charge is 0.127 e. The fourth-order valence-electron chi connectivity index (χ4n) is 2.01. The molecule has 0 fully saturated rings. The molecule has 0 bridgehead atoms. The lowest BCUT2D eigenvalue weighted by atomic mass is 9.80. The van der Waals surface area contributed by atoms with Crippen LogP contribution in [0.2, 0.25) is 0 Å². The maximum absolute atomic E-state index is 14.0. The first-order valence-electron chi connectivity index (χ1n) is 5.61. The predicted molar refractivity (Wildman–Crippen MR) is 78.1 cm³/mol. The first kappa shape index (κ1) is 13.8. The normalized spacial score (nSPS) is 11.7. The Labute approximate surface area is 123 Å². The molecule has 0 amide bonds. The molecule has 0 spiro atoms. The SMILES string of the molecule is Fc1ccccc1C(CBr)(CBr)Cc1ccco1. The quantitative estimate of drug-likeness (QED) is 0.691. The van der Waals surface area contributed by atoms with Crippen LogP contribution in [0.3, 0.4) is 0 Å². The van der Waals surface area contributed by atoms with Gasteiger partial charge in [0.25, 0.3) is 0 Å². The average Bonchev–Trinajstić information content (AvgIpc) is 2.90. The van der Waals surface area contributed by atoms with Gasteiger partial charge in [0.2, 0.25) is 0 Å². The van der Waals surface area contributed by atoms with E-state index in [1.54, 1.807) is 12.3 Å². The Morgan fingerprint density at radius 3 is 2.33 bits per heavy atom. The molecule has 4 heteroatoms. The van der Waals surface area contributed by atoms with Crippen molar-refractivity contribution < 1.29 is 8.81 Å². The van der Waals surface area contributed by atoms with Gasteiger partial charge < -0.3 is 4.42 Å². The number of benzene rings is 1. The third-order valence-electron chi connectivity index (χ3n) is 3.05. The molecule has 0 saturated heterocycles. The second kappa shape index (κ2) is 6.02. The summed E-state index contributed by atoms with van der Waals surface area (Å²) in [6.45, 7) is 0. The molecule has 18 heavy (non-hydrogen) atoms. The molecule has 0 aliphatic rings. The Morgan fingerprint density at radius 2 is 1.78 bits per heavy atom. The van der Waals surface area contributed by atoms with Crippen molar-refractivity contribution in [3.8, 4) is 0 Å². The number of halogens is 3. The summed E-state index contributed by atoms with van der Waals surface area (Å²) in [5.41, 5.74) is 0.360. The standard InChI is InChI=1S/C14H13Br2FO/c15-9-14(10-16,8-11-4-3-7-18-11)12-5-1-2-6-13(12)17/h1-7H,8-10H2. The molecule has 0 unspecified atom stereocenters. The van der Waals surface area contributed by atoms with Crippen molar-refractivity contribution in [2.24, 2.45) is 0 Å². The molecule has 0 aliphatic carbocycles. The van der Waals surface area contributed by atoms with Gasteiger partial charge in [-0.3, -0.25) is 0 Å². The summed E-state index contributed by atoms with van der Waals surface area (Å²) in [6.07, 6.45) is 2.29. The lowest BCUT2D eigenvalue weighted by Gasteiger charge is -2.30. The van der Waals surface area contributed by atoms with Crippen LogP contribution in [0.5, 0.6) is 0 Å². The molecular formula is C14H13Br2FO. The number of alkyl halides is 2. The zero-order chi connectivity index (χ0) is 13.0. The summed E-state index contributed by atoms with van der Waals surface area (Å²) in [5.74, 6) is 0.681. The molecule has 1 heterocycles. The van der Waals surface area contributed by atoms with Crippen molar-refractivity contribution in [3.05, 3.63) is 59.8 Å². The second-order valence-corrected chi connectivity index (χ2v) is 5.41. The minimum Gasteiger partial charge on any atom is -0.469 e. The van der Waals surface area contributed by atoms with E-state index in [0.29, 0.717) is 22.6 Å². The highest BCUT2D eigenvalue weighted by atomic mass is 79.9. The highest BCUT2D eigenvalue weighted by Crippen LogP contribution is 2.34. The van der Waals surface area contributed by atoms with Gasteiger partial charge in [-0.1, -0.05) is 50.1 Å². The fraction of sp³-hybridized carbons (Fsp3) is 0.286. The van der Waals surface area contributed by atoms with E-state index in [-0.39, 0.29) is 11.2 Å². The first-order valence-corrected chi connectivity index (χ1v) is 7.85. The van der Waals surface area contributed by atoms with E-state index in [0.717, 1.165) is 5.76 Å². The maximum Gasteiger partial charge on any atom is 0.127 e. The summed E-state index contributed by atoms with van der Waals surface area (Å²) in [6, 6.07) is 10.7. The summed E-state index contributed by atoms with van der Waals surface area (Å²) in [7, 11) is 0. The van der Waals surface area contributed by atoms with Gasteiger partial charge >= 0.3 is 0 Å². The minimum absolute atomic E-state index is 0.178. The largest absolute Gasteiger partial charge is 0.469 e. The molecule has 0 atom stereocenters. The second-order valence-electron chi connectivity index (χ2n) is 4.28. The van der Waals surface area contributed by atoms with Crippen molar-refractivity contribution in [1.29, 1.82) is 0 Å². The number of hydrogen-bond donors (Lipinski definition) is 0. The average molecular weight is 376 g/mol. The summed E-state index contributed by atoms with van der Waals surface area (Å²) in [5, 5.41) is 1.32. The molecule has 1 aromatic carbocycles. The Morgan fingerprint density at radius 1 is 1.06 bits per heavy atom. The molecule has 96 valence electrons. The predicted octanol–water partition coefficient (Wildman–Crippen LogP) is 4.69. The Hall–Kier alpha value is -0.610. The summed E-state index contributed by atoms with van der Waals surface area (Å²) >= 11 is 7.02. The van der Waals surface area contributed by atoms with Crippen LogP contribution in [-0.2, 0) is 11.8 Å². The van der Waals surface area contributed by atoms with E-state index in [9.17, 15) is 4.39 Å². The van der Waals surface area contributed by atoms with E-state index in [1.807, 2.05) is 24.3 Å². The monoisotopic (exact) mass is 374 g/mol. The third kappa shape index (κ3) is 2.69. The van der Waals surface area contributed by atoms with Crippen molar-refractivity contribution in [3.63, 3.8) is 0 Å². The number of hydrogen-bond acceptors (Lipinski definition) is 1. The number of rotatable bonds is 5. The van der Waals surface area contributed by atoms with Gasteiger partial charge in [-0.15, -0.1) is 0 Å². The van der Waals surface area contributed by atoms with Crippen LogP contribution in [0.15, 0.2) is 47.1 Å². The van der Waals surface area contributed by atoms with Crippen LogP contribution in [-0.4, -0.2) is 10.7 Å². The molecule has 1 aromatic heterocycles. The molecule has 0 saturated carbocycles. The Kier molecular flexibility index (Phi) is 4.62. The van der Waals surface area contributed by atoms with Crippen LogP contribution in [0, 0.1) is 5.82 Å². The molecule has 0 N–H and O–H groups in total. The van der Waals surface area contributed by atoms with E-state index in [1.165, 1.54) is 6.07 Å². The zero-order valence-corrected chi connectivity index (χ0v) is 12.9. The van der Waals surface area contributed by atoms with Crippen molar-refractivity contribution >= 4 is 31.9 Å². The van der Waals surface area contributed by atoms with Crippen LogP contribution in [0.4, 0.5) is 4.39 Å². The molecule has 0 radical (unpaired) electrons. The van der Waals surface area contributed by atoms with Crippen molar-refractivity contribution in [2.75, 3.05) is 10.7 Å². The molecule has 0 aliphatic heterocycles. The van der Waals surface area contributed by atoms with Crippen molar-refractivity contribution in [1.82, 2.24) is 0 Å². The molecule has 2 rings (SSSR count). The lowest BCUT2D eigenvalue weighted by molar-refractivity contribution is 0.430. The van der Waals surface area contributed by atoms with E-state index in [2.05, 4.69) is 31.9 Å². The Balaban J connectivity index is 2.40. The van der Waals surface area contributed by atoms with Gasteiger partial charge in [0, 0.05) is 22.5 Å². The maximum atomic E-state index is 14.0. The van der Waals surface area contributed by atoms with Crippen LogP contribution >= 0.6 is 31.9 Å². The van der Waals surface area contributed by atoms with E-state index in [4.69, 9.17) is 4.42 Å². The van der Waals surface area contributed by atoms with E-state index < -0.39 is 0 Å². The fourth-order valence-corrected chi connectivity index (χ4v) is 3.94. The van der Waals surface area contributed by atoms with Crippen LogP contribution < -0.4 is 0 Å². The number of furan rings is 1. The summed E-state index contributed by atoms with van der Waals surface area (Å²) in [4.78, 5) is 0. The van der Waals surface area contributed by atoms with Gasteiger partial charge in [0.05, 0.1) is 6.26 Å². The zero-order valence-electron chi connectivity index (χ0n) is 9.70. The highest BCUT2D eigenvalue weighted by molar-refractivity contribution is 9.09. The van der Waals surface area contributed by atoms with Crippen molar-refractivity contribution in [2.45, 2.75) is 11.8 Å². The Bertz CT molecular complexity index is 492. The lowest BCUT2D eigenvalue weighted by Crippen LogP contribution is -2.33. The third-order valence-corrected chi connectivity index (χ3v) is 5.20. The van der Waals surface area contributed by atoms with Gasteiger partial charge in [-0.2, -0.15) is 0 Å². The summed E-state index contributed by atoms with van der Waals surface area (Å²) < 4.78 is 19.4. The topological polar surface area (TPSA) is 13.1 Å². The molecular weight excluding hydrogens is 363 g/mol.